The number of benzene rings is 1. The molecule has 0 aliphatic rings. The summed E-state index contributed by atoms with van der Waals surface area (Å²) in [6, 6.07) is 9.43. The molecule has 0 unspecified atom stereocenters. The van der Waals surface area contributed by atoms with E-state index in [9.17, 15) is 0 Å². The van der Waals surface area contributed by atoms with Crippen LogP contribution in [0.4, 0.5) is 0 Å². The average Bonchev–Trinajstić information content (AvgIpc) is 2.19. The Labute approximate surface area is 71.7 Å². The molecule has 12 heavy (non-hydrogen) atoms. The first-order valence-corrected chi connectivity index (χ1v) is 3.55. The zero-order valence-electron chi connectivity index (χ0n) is 6.81. The second kappa shape index (κ2) is 8.00. The van der Waals surface area contributed by atoms with Crippen LogP contribution in [0.5, 0.6) is 5.75 Å². The molecule has 0 aromatic heterocycles. The largest absolute Gasteiger partial charge is 0.491 e. The van der Waals surface area contributed by atoms with Crippen molar-refractivity contribution in [2.45, 2.75) is 0 Å². The molecule has 0 heterocycles. The Balaban J connectivity index is 0.000000561. The summed E-state index contributed by atoms with van der Waals surface area (Å²) >= 11 is 0. The first-order valence-electron chi connectivity index (χ1n) is 3.55. The van der Waals surface area contributed by atoms with Gasteiger partial charge in [0.1, 0.15) is 12.4 Å². The summed E-state index contributed by atoms with van der Waals surface area (Å²) in [5.74, 6) is 8.80. The van der Waals surface area contributed by atoms with Gasteiger partial charge in [0.15, 0.2) is 0 Å². The van der Waals surface area contributed by atoms with Crippen LogP contribution >= 0.6 is 0 Å². The van der Waals surface area contributed by atoms with Gasteiger partial charge in [-0.25, -0.2) is 0 Å². The number of para-hydroxylation sites is 1. The molecule has 0 aliphatic carbocycles. The highest BCUT2D eigenvalue weighted by Gasteiger charge is 1.86. The van der Waals surface area contributed by atoms with Crippen molar-refractivity contribution < 1.29 is 9.84 Å². The Morgan fingerprint density at radius 2 is 1.75 bits per heavy atom. The molecule has 0 fully saturated rings. The summed E-state index contributed by atoms with van der Waals surface area (Å²) in [6.45, 7) is 0.429. The minimum Gasteiger partial charge on any atom is -0.491 e. The number of nitrogens with two attached hydrogens (primary N) is 2. The molecule has 0 aliphatic heterocycles. The maximum atomic E-state index is 8.40. The summed E-state index contributed by atoms with van der Waals surface area (Å²) in [4.78, 5) is 0. The maximum Gasteiger partial charge on any atom is 0.119 e. The second-order valence-corrected chi connectivity index (χ2v) is 1.89. The Bertz CT molecular complexity index is 180. The van der Waals surface area contributed by atoms with Crippen molar-refractivity contribution in [3.05, 3.63) is 30.3 Å². The van der Waals surface area contributed by atoms with Crippen molar-refractivity contribution in [3.8, 4) is 5.75 Å². The lowest BCUT2D eigenvalue weighted by Crippen LogP contribution is -2.02. The smallest absolute Gasteiger partial charge is 0.119 e. The lowest BCUT2D eigenvalue weighted by atomic mass is 10.3. The molecular weight excluding hydrogens is 156 g/mol. The van der Waals surface area contributed by atoms with Gasteiger partial charge in [0.2, 0.25) is 0 Å². The van der Waals surface area contributed by atoms with Crippen LogP contribution < -0.4 is 16.4 Å². The first kappa shape index (κ1) is 10.9. The Morgan fingerprint density at radius 3 is 2.25 bits per heavy atom. The third kappa shape index (κ3) is 4.68. The van der Waals surface area contributed by atoms with Gasteiger partial charge in [0.05, 0.1) is 6.61 Å². The zero-order chi connectivity index (χ0) is 9.23. The van der Waals surface area contributed by atoms with Gasteiger partial charge in [-0.3, -0.25) is 11.7 Å². The maximum absolute atomic E-state index is 8.40. The van der Waals surface area contributed by atoms with E-state index in [2.05, 4.69) is 11.7 Å². The predicted molar refractivity (Wildman–Crippen MR) is 47.4 cm³/mol. The van der Waals surface area contributed by atoms with E-state index in [0.717, 1.165) is 5.75 Å². The Kier molecular flexibility index (Phi) is 7.27. The van der Waals surface area contributed by atoms with E-state index < -0.39 is 0 Å². The summed E-state index contributed by atoms with van der Waals surface area (Å²) in [5, 5.41) is 8.40. The van der Waals surface area contributed by atoms with Gasteiger partial charge in [-0.2, -0.15) is 0 Å². The van der Waals surface area contributed by atoms with Gasteiger partial charge in [0.25, 0.3) is 0 Å². The van der Waals surface area contributed by atoms with Crippen molar-refractivity contribution in [2.75, 3.05) is 13.2 Å². The van der Waals surface area contributed by atoms with E-state index >= 15 is 0 Å². The second-order valence-electron chi connectivity index (χ2n) is 1.89. The fraction of sp³-hybridized carbons (Fsp3) is 0.250. The van der Waals surface area contributed by atoms with E-state index in [-0.39, 0.29) is 6.61 Å². The highest BCUT2D eigenvalue weighted by molar-refractivity contribution is 5.20. The van der Waals surface area contributed by atoms with Gasteiger partial charge >= 0.3 is 0 Å². The molecular formula is C8H14N2O2. The van der Waals surface area contributed by atoms with Crippen molar-refractivity contribution >= 4 is 0 Å². The van der Waals surface area contributed by atoms with Crippen molar-refractivity contribution in [2.24, 2.45) is 11.7 Å². The fourth-order valence-electron chi connectivity index (χ4n) is 0.680. The molecule has 1 aromatic rings. The quantitative estimate of drug-likeness (QED) is 0.436. The minimum absolute atomic E-state index is 0.0644. The average molecular weight is 170 g/mol. The standard InChI is InChI=1S/C8H10O2.H4N2/c9-6-7-10-8-4-2-1-3-5-8;1-2/h1-5,9H,6-7H2;1-2H2. The lowest BCUT2D eigenvalue weighted by Gasteiger charge is -2.01. The SMILES string of the molecule is NN.OCCOc1ccccc1. The molecule has 0 radical (unpaired) electrons. The molecule has 0 amide bonds. The number of ether oxygens (including phenoxy) is 1. The molecule has 4 nitrogen and oxygen atoms in total. The molecule has 68 valence electrons. The summed E-state index contributed by atoms with van der Waals surface area (Å²) in [5.41, 5.74) is 0. The van der Waals surface area contributed by atoms with E-state index in [1.807, 2.05) is 30.3 Å². The predicted octanol–water partition coefficient (Wildman–Crippen LogP) is -0.123. The van der Waals surface area contributed by atoms with E-state index in [4.69, 9.17) is 9.84 Å². The molecule has 1 aromatic carbocycles. The van der Waals surface area contributed by atoms with Gasteiger partial charge in [0, 0.05) is 0 Å². The number of rotatable bonds is 3. The van der Waals surface area contributed by atoms with E-state index in [0.29, 0.717) is 6.61 Å². The van der Waals surface area contributed by atoms with Crippen LogP contribution in [0, 0.1) is 0 Å². The molecule has 1 rings (SSSR count). The zero-order valence-corrected chi connectivity index (χ0v) is 6.81. The van der Waals surface area contributed by atoms with Crippen LogP contribution in [0.15, 0.2) is 30.3 Å². The lowest BCUT2D eigenvalue weighted by molar-refractivity contribution is 0.201. The number of aliphatic hydroxyl groups excluding tert-OH is 1. The molecule has 4 heteroatoms. The summed E-state index contributed by atoms with van der Waals surface area (Å²) in [6.07, 6.45) is 0. The van der Waals surface area contributed by atoms with Crippen molar-refractivity contribution in [1.29, 1.82) is 0 Å². The van der Waals surface area contributed by atoms with Crippen LogP contribution in [0.25, 0.3) is 0 Å². The fourth-order valence-corrected chi connectivity index (χ4v) is 0.680. The molecule has 0 bridgehead atoms. The minimum atomic E-state index is 0.0644. The molecule has 5 N–H and O–H groups in total. The molecule has 0 atom stereocenters. The summed E-state index contributed by atoms with van der Waals surface area (Å²) in [7, 11) is 0. The summed E-state index contributed by atoms with van der Waals surface area (Å²) < 4.78 is 5.11. The number of hydrogen-bond acceptors (Lipinski definition) is 4. The van der Waals surface area contributed by atoms with Crippen LogP contribution in [0.3, 0.4) is 0 Å². The van der Waals surface area contributed by atoms with E-state index in [1.54, 1.807) is 0 Å². The van der Waals surface area contributed by atoms with Crippen LogP contribution in [0.1, 0.15) is 0 Å². The Hall–Kier alpha value is -1.10. The molecule has 0 saturated heterocycles. The third-order valence-corrected chi connectivity index (χ3v) is 1.10. The number of hydrogen-bond donors (Lipinski definition) is 3. The van der Waals surface area contributed by atoms with Crippen molar-refractivity contribution in [3.63, 3.8) is 0 Å². The van der Waals surface area contributed by atoms with Gasteiger partial charge in [-0.15, -0.1) is 0 Å². The molecule has 0 spiro atoms. The van der Waals surface area contributed by atoms with Gasteiger partial charge in [-0.1, -0.05) is 18.2 Å². The van der Waals surface area contributed by atoms with E-state index in [1.165, 1.54) is 0 Å². The number of aliphatic hydroxyl groups is 1. The normalized spacial score (nSPS) is 8.25. The molecule has 0 saturated carbocycles. The van der Waals surface area contributed by atoms with Gasteiger partial charge < -0.3 is 9.84 Å². The highest BCUT2D eigenvalue weighted by atomic mass is 16.5. The topological polar surface area (TPSA) is 81.5 Å². The highest BCUT2D eigenvalue weighted by Crippen LogP contribution is 2.06. The monoisotopic (exact) mass is 170 g/mol. The van der Waals surface area contributed by atoms with Crippen LogP contribution in [-0.2, 0) is 0 Å². The van der Waals surface area contributed by atoms with Crippen molar-refractivity contribution in [1.82, 2.24) is 0 Å². The third-order valence-electron chi connectivity index (χ3n) is 1.10. The Morgan fingerprint density at radius 1 is 1.17 bits per heavy atom. The van der Waals surface area contributed by atoms with Gasteiger partial charge in [-0.05, 0) is 12.1 Å². The first-order chi connectivity index (χ1) is 5.93. The number of hydrazine groups is 1. The van der Waals surface area contributed by atoms with Crippen LogP contribution in [0.2, 0.25) is 0 Å². The van der Waals surface area contributed by atoms with Crippen LogP contribution in [-0.4, -0.2) is 18.3 Å².